The van der Waals surface area contributed by atoms with E-state index in [1.165, 1.54) is 38.5 Å². The molecule has 3 heteroatoms. The average Bonchev–Trinajstić information content (AvgIpc) is 3.05. The number of fused-ring (bicyclic) bond motifs is 4. The lowest BCUT2D eigenvalue weighted by Gasteiger charge is -2.62. The Morgan fingerprint density at radius 2 is 1.69 bits per heavy atom. The van der Waals surface area contributed by atoms with Crippen molar-refractivity contribution in [3.05, 3.63) is 23.3 Å². The van der Waals surface area contributed by atoms with Gasteiger partial charge in [-0.25, -0.2) is 0 Å². The summed E-state index contributed by atoms with van der Waals surface area (Å²) in [5.74, 6) is 1.79. The van der Waals surface area contributed by atoms with E-state index in [9.17, 15) is 9.90 Å². The van der Waals surface area contributed by atoms with Gasteiger partial charge in [-0.2, -0.15) is 0 Å². The molecule has 198 valence electrons. The summed E-state index contributed by atoms with van der Waals surface area (Å²) >= 11 is 0. The van der Waals surface area contributed by atoms with Crippen LogP contribution < -0.4 is 0 Å². The zero-order valence-corrected chi connectivity index (χ0v) is 23.9. The molecule has 0 radical (unpaired) electrons. The van der Waals surface area contributed by atoms with E-state index in [2.05, 4.69) is 48.1 Å². The van der Waals surface area contributed by atoms with E-state index < -0.39 is 0 Å². The summed E-state index contributed by atoms with van der Waals surface area (Å²) in [6.07, 6.45) is 11.3. The molecular weight excluding hydrogens is 432 g/mol. The van der Waals surface area contributed by atoms with E-state index in [4.69, 9.17) is 4.74 Å². The first kappa shape index (κ1) is 27.0. The average molecular weight is 485 g/mol. The molecule has 0 amide bonds. The smallest absolute Gasteiger partial charge is 0.302 e. The number of carbonyl (C=O) groups excluding carboxylic acids is 1. The Balaban J connectivity index is 1.61. The highest BCUT2D eigenvalue weighted by Gasteiger charge is 2.63. The second-order valence-corrected chi connectivity index (χ2v) is 14.2. The van der Waals surface area contributed by atoms with Crippen molar-refractivity contribution in [3.8, 4) is 0 Å². The van der Waals surface area contributed by atoms with Gasteiger partial charge in [0, 0.05) is 12.3 Å². The number of ether oxygens (including phenoxy) is 1. The van der Waals surface area contributed by atoms with Crippen LogP contribution in [0.5, 0.6) is 0 Å². The summed E-state index contributed by atoms with van der Waals surface area (Å²) < 4.78 is 5.86. The summed E-state index contributed by atoms with van der Waals surface area (Å²) in [4.78, 5) is 11.8. The Labute approximate surface area is 215 Å². The van der Waals surface area contributed by atoms with Crippen LogP contribution in [0.4, 0.5) is 0 Å². The maximum Gasteiger partial charge on any atom is 0.302 e. The van der Waals surface area contributed by atoms with Gasteiger partial charge in [-0.05, 0) is 105 Å². The minimum Gasteiger partial charge on any atom is -0.462 e. The number of hydrogen-bond donors (Lipinski definition) is 1. The van der Waals surface area contributed by atoms with E-state index >= 15 is 0 Å². The molecule has 4 aliphatic rings. The first-order valence-corrected chi connectivity index (χ1v) is 14.4. The topological polar surface area (TPSA) is 46.5 Å². The predicted molar refractivity (Wildman–Crippen MR) is 144 cm³/mol. The number of esters is 1. The molecule has 4 rings (SSSR count). The summed E-state index contributed by atoms with van der Waals surface area (Å²) in [6, 6.07) is 0. The number of aliphatic hydroxyl groups is 1. The second kappa shape index (κ2) is 9.03. The third-order valence-corrected chi connectivity index (χ3v) is 12.2. The van der Waals surface area contributed by atoms with Crippen LogP contribution >= 0.6 is 0 Å². The van der Waals surface area contributed by atoms with E-state index in [0.717, 1.165) is 37.2 Å². The molecule has 0 spiro atoms. The van der Waals surface area contributed by atoms with E-state index in [0.29, 0.717) is 17.3 Å². The first-order chi connectivity index (χ1) is 16.2. The molecule has 0 saturated heterocycles. The number of allylic oxidation sites excluding steroid dienone is 2. The lowest BCUT2D eigenvalue weighted by Crippen LogP contribution is -2.55. The Hall–Kier alpha value is -1.09. The van der Waals surface area contributed by atoms with Gasteiger partial charge >= 0.3 is 5.97 Å². The van der Waals surface area contributed by atoms with Crippen LogP contribution in [0.1, 0.15) is 120 Å². The highest BCUT2D eigenvalue weighted by atomic mass is 16.5. The maximum absolute atomic E-state index is 11.8. The highest BCUT2D eigenvalue weighted by molar-refractivity contribution is 5.66. The van der Waals surface area contributed by atoms with Gasteiger partial charge in [-0.1, -0.05) is 64.8 Å². The zero-order valence-electron chi connectivity index (χ0n) is 23.9. The van der Waals surface area contributed by atoms with Gasteiger partial charge in [0.25, 0.3) is 0 Å². The minimum atomic E-state index is -0.362. The lowest BCUT2D eigenvalue weighted by atomic mass is 9.43. The fourth-order valence-electron chi connectivity index (χ4n) is 9.90. The third-order valence-electron chi connectivity index (χ3n) is 12.2. The molecule has 0 bridgehead atoms. The Morgan fingerprint density at radius 1 is 1.00 bits per heavy atom. The van der Waals surface area contributed by atoms with Gasteiger partial charge in [-0.15, -0.1) is 0 Å². The molecule has 0 unspecified atom stereocenters. The van der Waals surface area contributed by atoms with Gasteiger partial charge in [-0.3, -0.25) is 4.79 Å². The number of rotatable bonds is 6. The van der Waals surface area contributed by atoms with E-state index in [-0.39, 0.29) is 34.4 Å². The fourth-order valence-corrected chi connectivity index (χ4v) is 9.90. The Bertz CT molecular complexity index is 898. The molecule has 3 nitrogen and oxygen atoms in total. The minimum absolute atomic E-state index is 0.00962. The molecule has 2 fully saturated rings. The Kier molecular flexibility index (Phi) is 6.96. The largest absolute Gasteiger partial charge is 0.462 e. The normalized spacial score (nSPS) is 41.9. The van der Waals surface area contributed by atoms with Crippen LogP contribution in [0.3, 0.4) is 0 Å². The molecule has 2 saturated carbocycles. The van der Waals surface area contributed by atoms with Crippen molar-refractivity contribution < 1.29 is 14.6 Å². The van der Waals surface area contributed by atoms with Crippen molar-refractivity contribution >= 4 is 5.97 Å². The second-order valence-electron chi connectivity index (χ2n) is 14.2. The highest BCUT2D eigenvalue weighted by Crippen LogP contribution is 2.72. The van der Waals surface area contributed by atoms with Crippen LogP contribution in [-0.4, -0.2) is 23.3 Å². The molecule has 0 aromatic heterocycles. The molecule has 4 aliphatic carbocycles. The summed E-state index contributed by atoms with van der Waals surface area (Å²) in [6.45, 7) is 22.4. The predicted octanol–water partition coefficient (Wildman–Crippen LogP) is 8.02. The quantitative estimate of drug-likeness (QED) is 0.307. The SMILES string of the molecule is C=C(C)[C@H](O)CC[C@@H](C)[C@H]1CC[C@@]2(C)C3=C(CC[C@]12C)[C@@]1(C)CC[C@H](OC(C)=O)C(C)(C)[C@@H]1CC3. The molecule has 0 heterocycles. The molecule has 0 aromatic carbocycles. The first-order valence-electron chi connectivity index (χ1n) is 14.4. The van der Waals surface area contributed by atoms with Crippen LogP contribution in [0.2, 0.25) is 0 Å². The van der Waals surface area contributed by atoms with Crippen molar-refractivity contribution in [2.45, 2.75) is 132 Å². The van der Waals surface area contributed by atoms with Gasteiger partial charge in [0.1, 0.15) is 6.10 Å². The van der Waals surface area contributed by atoms with Gasteiger partial charge < -0.3 is 9.84 Å². The molecule has 0 aliphatic heterocycles. The monoisotopic (exact) mass is 484 g/mol. The van der Waals surface area contributed by atoms with Crippen LogP contribution in [-0.2, 0) is 9.53 Å². The fraction of sp³-hybridized carbons (Fsp3) is 0.844. The van der Waals surface area contributed by atoms with Crippen molar-refractivity contribution in [2.24, 2.45) is 39.4 Å². The van der Waals surface area contributed by atoms with Crippen molar-refractivity contribution in [1.82, 2.24) is 0 Å². The van der Waals surface area contributed by atoms with Crippen LogP contribution in [0.25, 0.3) is 0 Å². The zero-order chi connectivity index (χ0) is 26.0. The summed E-state index contributed by atoms with van der Waals surface area (Å²) in [5.41, 5.74) is 5.36. The number of aliphatic hydroxyl groups excluding tert-OH is 1. The third kappa shape index (κ3) is 4.07. The summed E-state index contributed by atoms with van der Waals surface area (Å²) in [5, 5.41) is 10.3. The number of carbonyl (C=O) groups is 1. The van der Waals surface area contributed by atoms with Crippen LogP contribution in [0.15, 0.2) is 23.3 Å². The summed E-state index contributed by atoms with van der Waals surface area (Å²) in [7, 11) is 0. The van der Waals surface area contributed by atoms with E-state index in [1.54, 1.807) is 12.5 Å². The van der Waals surface area contributed by atoms with E-state index in [1.807, 2.05) is 12.5 Å². The van der Waals surface area contributed by atoms with Gasteiger partial charge in [0.2, 0.25) is 0 Å². The Morgan fingerprint density at radius 3 is 2.31 bits per heavy atom. The standard InChI is InChI=1S/C32H52O3/c1-20(2)26(34)12-10-21(3)23-14-18-32(9)25-11-13-27-29(5,6)28(35-22(4)33)16-17-30(27,7)24(25)15-19-31(23,32)8/h21,23,26-28,34H,1,10-19H2,2-9H3/t21-,23-,26-,27+,28+,30-,31-,32+/m1/s1. The van der Waals surface area contributed by atoms with Crippen molar-refractivity contribution in [2.75, 3.05) is 0 Å². The van der Waals surface area contributed by atoms with Gasteiger partial charge in [0.15, 0.2) is 0 Å². The number of hydrogen-bond acceptors (Lipinski definition) is 3. The lowest BCUT2D eigenvalue weighted by molar-refractivity contribution is -0.167. The molecule has 1 N–H and O–H groups in total. The molecule has 8 atom stereocenters. The molecule has 35 heavy (non-hydrogen) atoms. The maximum atomic E-state index is 11.8. The van der Waals surface area contributed by atoms with Crippen molar-refractivity contribution in [1.29, 1.82) is 0 Å². The molecular formula is C32H52O3. The van der Waals surface area contributed by atoms with Gasteiger partial charge in [0.05, 0.1) is 6.10 Å². The van der Waals surface area contributed by atoms with Crippen LogP contribution in [0, 0.1) is 39.4 Å². The molecule has 0 aromatic rings. The van der Waals surface area contributed by atoms with Crippen molar-refractivity contribution in [3.63, 3.8) is 0 Å².